The molecule has 5 aromatic rings. The third-order valence-corrected chi connectivity index (χ3v) is 5.53. The van der Waals surface area contributed by atoms with Gasteiger partial charge >= 0.3 is 5.97 Å². The van der Waals surface area contributed by atoms with Crippen molar-refractivity contribution in [2.75, 3.05) is 0 Å². The molecule has 0 spiro atoms. The van der Waals surface area contributed by atoms with Gasteiger partial charge in [0.2, 0.25) is 0 Å². The van der Waals surface area contributed by atoms with Gasteiger partial charge in [-0.25, -0.2) is 18.7 Å². The van der Waals surface area contributed by atoms with Crippen molar-refractivity contribution in [2.24, 2.45) is 0 Å². The molecule has 0 aliphatic rings. The normalized spacial score (nSPS) is 11.2. The van der Waals surface area contributed by atoms with Crippen LogP contribution in [0.3, 0.4) is 0 Å². The summed E-state index contributed by atoms with van der Waals surface area (Å²) in [5, 5.41) is 9.57. The van der Waals surface area contributed by atoms with Crippen molar-refractivity contribution in [2.45, 2.75) is 19.3 Å². The van der Waals surface area contributed by atoms with Gasteiger partial charge in [0.1, 0.15) is 17.4 Å². The fraction of sp³-hybridized carbons (Fsp3) is 0.115. The Hall–Kier alpha value is -4.33. The lowest BCUT2D eigenvalue weighted by Crippen LogP contribution is -2.08. The first-order valence-electron chi connectivity index (χ1n) is 10.6. The van der Waals surface area contributed by atoms with Gasteiger partial charge in [-0.2, -0.15) is 0 Å². The lowest BCUT2D eigenvalue weighted by molar-refractivity contribution is -0.136. The Balaban J connectivity index is 1.76. The molecule has 0 atom stereocenters. The average molecular weight is 459 g/mol. The molecule has 0 saturated heterocycles. The minimum absolute atomic E-state index is 0.0580. The number of aliphatic carboxylic acids is 1. The number of hydrogen-bond donors (Lipinski definition) is 1. The fourth-order valence-electron chi connectivity index (χ4n) is 4.02. The molecule has 1 N–H and O–H groups in total. The SMILES string of the molecule is O=C(O)Cc1c(Cc2ccco2)nc2c(Cc3ccccc3)nc(-c3c(F)cccc3F)cn12. The van der Waals surface area contributed by atoms with Crippen LogP contribution in [-0.2, 0) is 24.1 Å². The first-order chi connectivity index (χ1) is 16.5. The van der Waals surface area contributed by atoms with Crippen molar-refractivity contribution in [1.82, 2.24) is 14.4 Å². The summed E-state index contributed by atoms with van der Waals surface area (Å²) >= 11 is 0. The standard InChI is InChI=1S/C26H19F2N3O3/c27-18-9-4-10-19(28)25(18)22-15-31-23(14-24(32)33)20(13-17-8-5-11-34-17)30-26(31)21(29-22)12-16-6-2-1-3-7-16/h1-11,15H,12-14H2,(H,32,33). The lowest BCUT2D eigenvalue weighted by atomic mass is 10.1. The molecular formula is C26H19F2N3O3. The molecule has 0 aliphatic heterocycles. The van der Waals surface area contributed by atoms with Crippen LogP contribution in [0.2, 0.25) is 0 Å². The highest BCUT2D eigenvalue weighted by Gasteiger charge is 2.22. The number of nitrogens with zero attached hydrogens (tertiary/aromatic N) is 3. The van der Waals surface area contributed by atoms with Crippen molar-refractivity contribution in [3.63, 3.8) is 0 Å². The van der Waals surface area contributed by atoms with Gasteiger partial charge in [0.25, 0.3) is 0 Å². The van der Waals surface area contributed by atoms with Crippen LogP contribution >= 0.6 is 0 Å². The van der Waals surface area contributed by atoms with Gasteiger partial charge in [0.15, 0.2) is 5.65 Å². The van der Waals surface area contributed by atoms with E-state index in [0.29, 0.717) is 34.9 Å². The van der Waals surface area contributed by atoms with Gasteiger partial charge in [-0.15, -0.1) is 0 Å². The number of hydrogen-bond acceptors (Lipinski definition) is 4. The number of halogens is 2. The van der Waals surface area contributed by atoms with Crippen molar-refractivity contribution in [1.29, 1.82) is 0 Å². The van der Waals surface area contributed by atoms with E-state index in [2.05, 4.69) is 4.98 Å². The summed E-state index contributed by atoms with van der Waals surface area (Å²) in [6.45, 7) is 0. The topological polar surface area (TPSA) is 80.6 Å². The van der Waals surface area contributed by atoms with Crippen LogP contribution in [0.15, 0.2) is 77.5 Å². The average Bonchev–Trinajstić information content (AvgIpc) is 3.43. The van der Waals surface area contributed by atoms with Crippen molar-refractivity contribution in [3.05, 3.63) is 113 Å². The van der Waals surface area contributed by atoms with Crippen LogP contribution < -0.4 is 0 Å². The van der Waals surface area contributed by atoms with E-state index in [9.17, 15) is 18.7 Å². The summed E-state index contributed by atoms with van der Waals surface area (Å²) in [5.74, 6) is -1.95. The number of furan rings is 1. The Labute approximate surface area is 193 Å². The van der Waals surface area contributed by atoms with E-state index in [-0.39, 0.29) is 24.1 Å². The van der Waals surface area contributed by atoms with Gasteiger partial charge in [0.05, 0.1) is 47.4 Å². The number of fused-ring (bicyclic) bond motifs is 1. The third kappa shape index (κ3) is 4.17. The molecule has 5 rings (SSSR count). The number of carboxylic acid groups (broad SMARTS) is 1. The molecule has 0 unspecified atom stereocenters. The maximum Gasteiger partial charge on any atom is 0.309 e. The zero-order valence-corrected chi connectivity index (χ0v) is 17.9. The monoisotopic (exact) mass is 459 g/mol. The number of rotatable bonds is 7. The predicted octanol–water partition coefficient (Wildman–Crippen LogP) is 5.08. The van der Waals surface area contributed by atoms with E-state index in [1.807, 2.05) is 30.3 Å². The maximum absolute atomic E-state index is 14.7. The summed E-state index contributed by atoms with van der Waals surface area (Å²) in [7, 11) is 0. The highest BCUT2D eigenvalue weighted by Crippen LogP contribution is 2.28. The lowest BCUT2D eigenvalue weighted by Gasteiger charge is -2.11. The van der Waals surface area contributed by atoms with Crippen molar-refractivity contribution < 1.29 is 23.1 Å². The van der Waals surface area contributed by atoms with Crippen LogP contribution in [0.25, 0.3) is 16.9 Å². The Morgan fingerprint density at radius 3 is 2.35 bits per heavy atom. The Kier molecular flexibility index (Phi) is 5.63. The molecule has 0 bridgehead atoms. The van der Waals surface area contributed by atoms with E-state index in [0.717, 1.165) is 17.7 Å². The molecule has 2 aromatic carbocycles. The number of aromatic nitrogens is 3. The summed E-state index contributed by atoms with van der Waals surface area (Å²) in [5.41, 5.74) is 2.52. The highest BCUT2D eigenvalue weighted by molar-refractivity contribution is 5.71. The van der Waals surface area contributed by atoms with E-state index < -0.39 is 17.6 Å². The largest absolute Gasteiger partial charge is 0.481 e. The van der Waals surface area contributed by atoms with Crippen LogP contribution in [0, 0.1) is 11.6 Å². The molecule has 3 heterocycles. The number of carbonyl (C=O) groups is 1. The number of carboxylic acids is 1. The van der Waals surface area contributed by atoms with E-state index in [1.165, 1.54) is 18.5 Å². The fourth-order valence-corrected chi connectivity index (χ4v) is 4.02. The quantitative estimate of drug-likeness (QED) is 0.367. The third-order valence-electron chi connectivity index (χ3n) is 5.53. The summed E-state index contributed by atoms with van der Waals surface area (Å²) in [6, 6.07) is 16.6. The first kappa shape index (κ1) is 21.5. The molecule has 0 fully saturated rings. The van der Waals surface area contributed by atoms with Crippen LogP contribution in [-0.4, -0.2) is 25.4 Å². The molecule has 0 radical (unpaired) electrons. The predicted molar refractivity (Wildman–Crippen MR) is 120 cm³/mol. The van der Waals surface area contributed by atoms with E-state index >= 15 is 0 Å². The minimum atomic E-state index is -1.05. The van der Waals surface area contributed by atoms with Gasteiger partial charge in [-0.1, -0.05) is 36.4 Å². The molecule has 34 heavy (non-hydrogen) atoms. The van der Waals surface area contributed by atoms with Gasteiger partial charge in [-0.3, -0.25) is 9.20 Å². The van der Waals surface area contributed by atoms with Gasteiger partial charge in [-0.05, 0) is 29.8 Å². The number of imidazole rings is 1. The summed E-state index contributed by atoms with van der Waals surface area (Å²) in [6.07, 6.45) is 3.26. The van der Waals surface area contributed by atoms with Crippen LogP contribution in [0.4, 0.5) is 8.78 Å². The smallest absolute Gasteiger partial charge is 0.309 e. The first-order valence-corrected chi connectivity index (χ1v) is 10.6. The van der Waals surface area contributed by atoms with Crippen LogP contribution in [0.1, 0.15) is 28.4 Å². The molecule has 0 amide bonds. The molecule has 170 valence electrons. The van der Waals surface area contributed by atoms with Crippen molar-refractivity contribution in [3.8, 4) is 11.3 Å². The van der Waals surface area contributed by atoms with Crippen LogP contribution in [0.5, 0.6) is 0 Å². The van der Waals surface area contributed by atoms with Crippen molar-refractivity contribution >= 4 is 11.6 Å². The molecule has 3 aromatic heterocycles. The Bertz CT molecular complexity index is 1460. The van der Waals surface area contributed by atoms with E-state index in [4.69, 9.17) is 9.40 Å². The highest BCUT2D eigenvalue weighted by atomic mass is 19.1. The summed E-state index contributed by atoms with van der Waals surface area (Å²) < 4.78 is 36.3. The van der Waals surface area contributed by atoms with Gasteiger partial charge in [0, 0.05) is 12.6 Å². The zero-order valence-electron chi connectivity index (χ0n) is 17.9. The molecule has 0 saturated carbocycles. The van der Waals surface area contributed by atoms with E-state index in [1.54, 1.807) is 16.5 Å². The molecule has 8 heteroatoms. The summed E-state index contributed by atoms with van der Waals surface area (Å²) in [4.78, 5) is 21.0. The Morgan fingerprint density at radius 1 is 0.912 bits per heavy atom. The Morgan fingerprint density at radius 2 is 1.68 bits per heavy atom. The second-order valence-corrected chi connectivity index (χ2v) is 7.86. The number of benzene rings is 2. The maximum atomic E-state index is 14.7. The zero-order chi connectivity index (χ0) is 23.7. The van der Waals surface area contributed by atoms with Gasteiger partial charge < -0.3 is 9.52 Å². The second kappa shape index (κ2) is 8.90. The molecule has 6 nitrogen and oxygen atoms in total. The molecule has 0 aliphatic carbocycles. The molecular weight excluding hydrogens is 440 g/mol. The minimum Gasteiger partial charge on any atom is -0.481 e. The second-order valence-electron chi connectivity index (χ2n) is 7.86.